The molecule has 1 unspecified atom stereocenters. The quantitative estimate of drug-likeness (QED) is 0.0609. The molecule has 0 spiro atoms. The van der Waals surface area contributed by atoms with E-state index in [2.05, 4.69) is 64.8 Å². The number of hydrogen-bond acceptors (Lipinski definition) is 12. The van der Waals surface area contributed by atoms with Gasteiger partial charge in [-0.15, -0.1) is 0 Å². The van der Waals surface area contributed by atoms with Gasteiger partial charge in [-0.05, 0) is 131 Å². The third kappa shape index (κ3) is 13.8. The summed E-state index contributed by atoms with van der Waals surface area (Å²) in [4.78, 5) is 80.9. The van der Waals surface area contributed by atoms with Gasteiger partial charge in [0, 0.05) is 12.1 Å². The summed E-state index contributed by atoms with van der Waals surface area (Å²) in [5.41, 5.74) is 20.8. The lowest BCUT2D eigenvalue weighted by atomic mass is 9.43. The van der Waals surface area contributed by atoms with Crippen molar-refractivity contribution in [3.8, 4) is 11.1 Å². The lowest BCUT2D eigenvalue weighted by Crippen LogP contribution is -2.65. The topological polar surface area (TPSA) is 280 Å². The minimum Gasteiger partial charge on any atom is -0.444 e. The molecule has 6 rings (SSSR count). The van der Waals surface area contributed by atoms with Crippen molar-refractivity contribution in [2.24, 2.45) is 40.4 Å². The van der Waals surface area contributed by atoms with Crippen molar-refractivity contribution in [2.45, 2.75) is 161 Å². The Balaban J connectivity index is 1.21. The Bertz CT molecular complexity index is 2080. The molecule has 19 heteroatoms. The second-order valence-corrected chi connectivity index (χ2v) is 20.8. The lowest BCUT2D eigenvalue weighted by Gasteiger charge is -2.64. The molecule has 2 aromatic carbocycles. The molecule has 18 nitrogen and oxygen atoms in total. The van der Waals surface area contributed by atoms with E-state index in [1.807, 2.05) is 45.0 Å². The average molecular weight is 946 g/mol. The first-order valence-corrected chi connectivity index (χ1v) is 24.2. The van der Waals surface area contributed by atoms with Crippen molar-refractivity contribution in [3.63, 3.8) is 0 Å². The summed E-state index contributed by atoms with van der Waals surface area (Å²) in [7, 11) is -0.897. The summed E-state index contributed by atoms with van der Waals surface area (Å²) in [5, 5.41) is 15.7. The Hall–Kier alpha value is -5.08. The number of carbonyl (C=O) groups is 6. The molecule has 1 heterocycles. The van der Waals surface area contributed by atoms with E-state index in [1.54, 1.807) is 32.9 Å². The van der Waals surface area contributed by atoms with Crippen molar-refractivity contribution in [1.29, 1.82) is 0 Å². The fourth-order valence-electron chi connectivity index (χ4n) is 9.58. The molecular formula is C49H76BN9O9. The fourth-order valence-corrected chi connectivity index (χ4v) is 9.58. The molecule has 6 amide bonds. The highest BCUT2D eigenvalue weighted by molar-refractivity contribution is 6.47. The van der Waals surface area contributed by atoms with Gasteiger partial charge < -0.3 is 63.1 Å². The average Bonchev–Trinajstić information content (AvgIpc) is 3.64. The van der Waals surface area contributed by atoms with E-state index >= 15 is 0 Å². The Morgan fingerprint density at radius 3 is 1.97 bits per heavy atom. The van der Waals surface area contributed by atoms with Crippen LogP contribution in [-0.2, 0) is 39.6 Å². The number of nitrogens with two attached hydrogens (primary N) is 3. The van der Waals surface area contributed by atoms with Crippen molar-refractivity contribution in [2.75, 3.05) is 13.1 Å². The van der Waals surface area contributed by atoms with E-state index in [4.69, 9.17) is 31.2 Å². The van der Waals surface area contributed by atoms with Gasteiger partial charge in [0.05, 0.1) is 11.7 Å². The third-order valence-corrected chi connectivity index (χ3v) is 13.6. The summed E-state index contributed by atoms with van der Waals surface area (Å²) in [5.74, 6) is -2.88. The Labute approximate surface area is 401 Å². The zero-order valence-electron chi connectivity index (χ0n) is 41.4. The zero-order valence-corrected chi connectivity index (χ0v) is 41.4. The number of ether oxygens (including phenoxy) is 1. The zero-order chi connectivity index (χ0) is 50.1. The molecule has 68 heavy (non-hydrogen) atoms. The van der Waals surface area contributed by atoms with Crippen LogP contribution in [0, 0.1) is 23.2 Å². The minimum atomic E-state index is -1.68. The number of unbranched alkanes of at least 4 members (excludes halogenated alkanes) is 1. The second kappa shape index (κ2) is 23.0. The van der Waals surface area contributed by atoms with Crippen LogP contribution in [0.4, 0.5) is 4.79 Å². The highest BCUT2D eigenvalue weighted by atomic mass is 16.7. The molecule has 3 saturated carbocycles. The van der Waals surface area contributed by atoms with Gasteiger partial charge in [-0.2, -0.15) is 0 Å². The molecule has 12 N–H and O–H groups in total. The van der Waals surface area contributed by atoms with Crippen LogP contribution in [0.3, 0.4) is 0 Å². The van der Waals surface area contributed by atoms with Crippen molar-refractivity contribution < 1.29 is 42.8 Å². The number of aryl methyl sites for hydroxylation is 1. The van der Waals surface area contributed by atoms with Crippen molar-refractivity contribution >= 4 is 42.7 Å². The number of nitrogens with one attached hydrogen (secondary N) is 6. The highest BCUT2D eigenvalue weighted by Crippen LogP contribution is 2.65. The highest BCUT2D eigenvalue weighted by Gasteiger charge is 2.68. The summed E-state index contributed by atoms with van der Waals surface area (Å²) in [6.07, 6.45) is 2.59. The Morgan fingerprint density at radius 2 is 1.38 bits per heavy atom. The van der Waals surface area contributed by atoms with Gasteiger partial charge >= 0.3 is 13.2 Å². The Kier molecular flexibility index (Phi) is 18.2. The van der Waals surface area contributed by atoms with Crippen LogP contribution in [0.1, 0.15) is 123 Å². The predicted octanol–water partition coefficient (Wildman–Crippen LogP) is 3.14. The van der Waals surface area contributed by atoms with Gasteiger partial charge in [0.2, 0.25) is 17.7 Å². The Morgan fingerprint density at radius 1 is 0.794 bits per heavy atom. The summed E-state index contributed by atoms with van der Waals surface area (Å²) < 4.78 is 18.0. The van der Waals surface area contributed by atoms with E-state index in [-0.39, 0.29) is 55.7 Å². The molecule has 1 aliphatic heterocycles. The van der Waals surface area contributed by atoms with E-state index in [0.717, 1.165) is 43.2 Å². The van der Waals surface area contributed by atoms with Gasteiger partial charge in [-0.1, -0.05) is 77.4 Å². The van der Waals surface area contributed by atoms with Crippen LogP contribution in [0.5, 0.6) is 0 Å². The molecular weight excluding hydrogens is 869 g/mol. The van der Waals surface area contributed by atoms with E-state index in [0.29, 0.717) is 11.5 Å². The smallest absolute Gasteiger partial charge is 0.444 e. The van der Waals surface area contributed by atoms with Crippen molar-refractivity contribution in [3.05, 3.63) is 59.7 Å². The van der Waals surface area contributed by atoms with Crippen LogP contribution in [0.25, 0.3) is 11.1 Å². The van der Waals surface area contributed by atoms with Gasteiger partial charge in [0.15, 0.2) is 6.17 Å². The molecule has 4 fully saturated rings. The van der Waals surface area contributed by atoms with E-state index in [1.165, 1.54) is 5.56 Å². The summed E-state index contributed by atoms with van der Waals surface area (Å²) >= 11 is 0. The maximum Gasteiger partial charge on any atom is 0.497 e. The normalized spacial score (nSPS) is 22.5. The van der Waals surface area contributed by atoms with Gasteiger partial charge in [-0.25, -0.2) is 4.79 Å². The lowest BCUT2D eigenvalue weighted by molar-refractivity contribution is -0.199. The molecule has 374 valence electrons. The number of alkyl carbamates (subject to hydrolysis) is 1. The van der Waals surface area contributed by atoms with Crippen LogP contribution in [0.15, 0.2) is 48.5 Å². The first-order valence-electron chi connectivity index (χ1n) is 24.2. The second-order valence-electron chi connectivity index (χ2n) is 20.8. The standard InChI is InChI=1S/C49H76BN9O9/c1-10-11-12-29-13-15-30(16-14-29)31-17-19-32(20-18-31)40(60)55-34(21-23-51)41(61)56-35(22-24-54-46(65)66-47(4,5)6)42(62)58-39(52)44(64)57-36(25-28(2)3)43(63)59-45(53)50-67-38-27-33-26-37(48(33,7)8)49(38,9)68-50/h13-20,28,33-39,45H,10-12,21-27,51-53H2,1-9H3,(H,54,65)(H,55,60)(H,56,61)(H,57,64)(H,58,62)(H,59,63)/t33-,34-,35-,36-,37-,38?,39+,45+,49-/m0/s1. The maximum atomic E-state index is 13.9. The number of amides is 6. The fraction of sp³-hybridized carbons (Fsp3) is 0.633. The van der Waals surface area contributed by atoms with Crippen LogP contribution in [-0.4, -0.2) is 103 Å². The molecule has 3 aliphatic carbocycles. The predicted molar refractivity (Wildman–Crippen MR) is 260 cm³/mol. The molecule has 2 bridgehead atoms. The van der Waals surface area contributed by atoms with E-state index in [9.17, 15) is 28.8 Å². The van der Waals surface area contributed by atoms with Gasteiger partial charge in [0.25, 0.3) is 11.8 Å². The molecule has 1 saturated heterocycles. The molecule has 0 aromatic heterocycles. The van der Waals surface area contributed by atoms with Crippen molar-refractivity contribution in [1.82, 2.24) is 31.9 Å². The number of rotatable bonds is 22. The molecule has 9 atom stereocenters. The minimum absolute atomic E-state index is 0.0174. The van der Waals surface area contributed by atoms with Gasteiger partial charge in [-0.3, -0.25) is 24.0 Å². The molecule has 2 aromatic rings. The summed E-state index contributed by atoms with van der Waals surface area (Å²) in [6, 6.07) is 10.6. The van der Waals surface area contributed by atoms with Gasteiger partial charge in [0.1, 0.15) is 29.8 Å². The maximum absolute atomic E-state index is 13.9. The molecule has 0 radical (unpaired) electrons. The number of carbonyl (C=O) groups excluding carboxylic acids is 6. The van der Waals surface area contributed by atoms with Crippen LogP contribution in [0.2, 0.25) is 0 Å². The number of benzene rings is 2. The monoisotopic (exact) mass is 946 g/mol. The van der Waals surface area contributed by atoms with Crippen LogP contribution < -0.4 is 49.1 Å². The SMILES string of the molecule is CCCCc1ccc(-c2ccc(C(=O)N[C@@H](CCN)C(=O)N[C@@H](CCNC(=O)OC(C)(C)C)C(=O)N[C@@H](N)C(=O)N[C@@H](CC(C)C)C(=O)N[C@@H](N)B3OC4C[C@@H]5C[C@@H](C5(C)C)[C@]4(C)O3)cc2)cc1. The van der Waals surface area contributed by atoms with E-state index < -0.39 is 84.3 Å². The first-order chi connectivity index (χ1) is 31.9. The molecule has 4 aliphatic rings. The summed E-state index contributed by atoms with van der Waals surface area (Å²) in [6.45, 7) is 17.4. The first kappa shape index (κ1) is 53.9. The largest absolute Gasteiger partial charge is 0.497 e. The number of hydrogen-bond donors (Lipinski definition) is 9. The third-order valence-electron chi connectivity index (χ3n) is 13.6. The van der Waals surface area contributed by atoms with Crippen LogP contribution >= 0.6 is 0 Å².